The van der Waals surface area contributed by atoms with Gasteiger partial charge in [-0.25, -0.2) is 5.43 Å². The van der Waals surface area contributed by atoms with Gasteiger partial charge in [0.05, 0.1) is 5.71 Å². The van der Waals surface area contributed by atoms with Gasteiger partial charge in [0.15, 0.2) is 0 Å². The summed E-state index contributed by atoms with van der Waals surface area (Å²) in [5.41, 5.74) is 6.05. The summed E-state index contributed by atoms with van der Waals surface area (Å²) >= 11 is 0. The Hall–Kier alpha value is -1.64. The molecule has 2 rings (SSSR count). The number of fused-ring (bicyclic) bond motifs is 1. The summed E-state index contributed by atoms with van der Waals surface area (Å²) in [5, 5.41) is 4.15. The van der Waals surface area contributed by atoms with Gasteiger partial charge < -0.3 is 0 Å². The number of rotatable bonds is 2. The molecule has 0 saturated heterocycles. The van der Waals surface area contributed by atoms with Gasteiger partial charge in [0, 0.05) is 12.0 Å². The molecule has 3 heteroatoms. The van der Waals surface area contributed by atoms with Crippen LogP contribution in [0, 0.1) is 0 Å². The predicted molar refractivity (Wildman–Crippen MR) is 59.7 cm³/mol. The third-order valence-corrected chi connectivity index (χ3v) is 2.60. The smallest absolute Gasteiger partial charge is 0.239 e. The lowest BCUT2D eigenvalue weighted by Crippen LogP contribution is -2.17. The lowest BCUT2D eigenvalue weighted by molar-refractivity contribution is -0.120. The zero-order valence-corrected chi connectivity index (χ0v) is 8.79. The maximum absolute atomic E-state index is 11.1. The van der Waals surface area contributed by atoms with Crippen molar-refractivity contribution in [3.8, 4) is 0 Å². The minimum atomic E-state index is -0.0353. The van der Waals surface area contributed by atoms with Gasteiger partial charge in [-0.3, -0.25) is 4.79 Å². The molecule has 0 spiro atoms. The van der Waals surface area contributed by atoms with Crippen LogP contribution >= 0.6 is 0 Å². The number of carbonyl (C=O) groups is 1. The van der Waals surface area contributed by atoms with E-state index in [1.54, 1.807) is 0 Å². The predicted octanol–water partition coefficient (Wildman–Crippen LogP) is 1.86. The maximum Gasteiger partial charge on any atom is 0.239 e. The van der Waals surface area contributed by atoms with E-state index in [1.807, 2.05) is 19.1 Å². The summed E-state index contributed by atoms with van der Waals surface area (Å²) in [6.45, 7) is 1.82. The summed E-state index contributed by atoms with van der Waals surface area (Å²) < 4.78 is 0. The van der Waals surface area contributed by atoms with Crippen LogP contribution in [-0.4, -0.2) is 11.6 Å². The van der Waals surface area contributed by atoms with E-state index in [2.05, 4.69) is 22.7 Å². The Morgan fingerprint density at radius 1 is 1.40 bits per heavy atom. The van der Waals surface area contributed by atoms with Gasteiger partial charge in [0.25, 0.3) is 0 Å². The molecular weight excluding hydrogens is 188 g/mol. The quantitative estimate of drug-likeness (QED) is 0.731. The minimum absolute atomic E-state index is 0.0353. The second kappa shape index (κ2) is 4.26. The number of hydrazone groups is 1. The third kappa shape index (κ3) is 2.06. The Kier molecular flexibility index (Phi) is 2.81. The highest BCUT2D eigenvalue weighted by Crippen LogP contribution is 2.21. The van der Waals surface area contributed by atoms with Crippen molar-refractivity contribution < 1.29 is 4.79 Å². The highest BCUT2D eigenvalue weighted by atomic mass is 16.2. The van der Waals surface area contributed by atoms with E-state index in [0.717, 1.165) is 18.6 Å². The molecule has 0 heterocycles. The van der Waals surface area contributed by atoms with Crippen LogP contribution in [0.25, 0.3) is 0 Å². The van der Waals surface area contributed by atoms with Crippen LogP contribution in [0.2, 0.25) is 0 Å². The van der Waals surface area contributed by atoms with Crippen molar-refractivity contribution in [1.29, 1.82) is 0 Å². The van der Waals surface area contributed by atoms with Crippen molar-refractivity contribution in [2.45, 2.75) is 26.2 Å². The van der Waals surface area contributed by atoms with Crippen molar-refractivity contribution in [3.63, 3.8) is 0 Å². The number of amides is 1. The molecule has 1 N–H and O–H groups in total. The second-order valence-corrected chi connectivity index (χ2v) is 3.60. The Morgan fingerprint density at radius 2 is 2.20 bits per heavy atom. The first-order valence-corrected chi connectivity index (χ1v) is 5.25. The molecule has 0 aliphatic heterocycles. The number of benzene rings is 1. The van der Waals surface area contributed by atoms with Crippen molar-refractivity contribution in [2.24, 2.45) is 5.10 Å². The van der Waals surface area contributed by atoms with Gasteiger partial charge in [0.2, 0.25) is 5.91 Å². The summed E-state index contributed by atoms with van der Waals surface area (Å²) in [5.74, 6) is -0.0353. The molecule has 0 saturated carbocycles. The fourth-order valence-electron chi connectivity index (χ4n) is 1.73. The minimum Gasteiger partial charge on any atom is -0.273 e. The molecule has 0 radical (unpaired) electrons. The average Bonchev–Trinajstić information content (AvgIpc) is 2.69. The lowest BCUT2D eigenvalue weighted by Gasteiger charge is -2.00. The molecule has 0 fully saturated rings. The fourth-order valence-corrected chi connectivity index (χ4v) is 1.73. The summed E-state index contributed by atoms with van der Waals surface area (Å²) in [4.78, 5) is 11.1. The molecule has 0 bridgehead atoms. The first-order chi connectivity index (χ1) is 7.31. The summed E-state index contributed by atoms with van der Waals surface area (Å²) in [6, 6.07) is 8.20. The van der Waals surface area contributed by atoms with Gasteiger partial charge in [0.1, 0.15) is 0 Å². The zero-order valence-electron chi connectivity index (χ0n) is 8.79. The number of hydrogen-bond acceptors (Lipinski definition) is 2. The normalized spacial score (nSPS) is 16.5. The van der Waals surface area contributed by atoms with E-state index in [0.29, 0.717) is 6.42 Å². The van der Waals surface area contributed by atoms with Gasteiger partial charge in [-0.05, 0) is 18.4 Å². The Morgan fingerprint density at radius 3 is 3.00 bits per heavy atom. The van der Waals surface area contributed by atoms with E-state index < -0.39 is 0 Å². The fraction of sp³-hybridized carbons (Fsp3) is 0.333. The number of hydrogen-bond donors (Lipinski definition) is 1. The van der Waals surface area contributed by atoms with Crippen molar-refractivity contribution in [3.05, 3.63) is 35.4 Å². The van der Waals surface area contributed by atoms with Crippen LogP contribution in [-0.2, 0) is 11.2 Å². The number of carbonyl (C=O) groups excluding carboxylic acids is 1. The van der Waals surface area contributed by atoms with Gasteiger partial charge in [-0.2, -0.15) is 5.10 Å². The molecule has 1 aromatic carbocycles. The molecule has 78 valence electrons. The van der Waals surface area contributed by atoms with E-state index in [9.17, 15) is 4.79 Å². The van der Waals surface area contributed by atoms with Crippen LogP contribution < -0.4 is 5.43 Å². The summed E-state index contributed by atoms with van der Waals surface area (Å²) in [7, 11) is 0. The van der Waals surface area contributed by atoms with Crippen molar-refractivity contribution in [1.82, 2.24) is 5.43 Å². The summed E-state index contributed by atoms with van der Waals surface area (Å²) in [6.07, 6.45) is 2.42. The first kappa shape index (κ1) is 9.90. The molecular formula is C12H14N2O. The SMILES string of the molecule is CCC(=O)NN=C1CCc2ccccc21. The molecule has 0 unspecified atom stereocenters. The van der Waals surface area contributed by atoms with Crippen LogP contribution in [0.4, 0.5) is 0 Å². The van der Waals surface area contributed by atoms with Crippen LogP contribution in [0.15, 0.2) is 29.4 Å². The molecule has 1 aliphatic rings. The number of nitrogens with one attached hydrogen (secondary N) is 1. The Labute approximate surface area is 89.2 Å². The van der Waals surface area contributed by atoms with Crippen LogP contribution in [0.3, 0.4) is 0 Å². The maximum atomic E-state index is 11.1. The first-order valence-electron chi connectivity index (χ1n) is 5.25. The van der Waals surface area contributed by atoms with Gasteiger partial charge in [-0.1, -0.05) is 31.2 Å². The van der Waals surface area contributed by atoms with E-state index in [4.69, 9.17) is 0 Å². The molecule has 0 atom stereocenters. The topological polar surface area (TPSA) is 41.5 Å². The van der Waals surface area contributed by atoms with Gasteiger partial charge in [-0.15, -0.1) is 0 Å². The number of aryl methyl sites for hydroxylation is 1. The van der Waals surface area contributed by atoms with Crippen LogP contribution in [0.5, 0.6) is 0 Å². The standard InChI is InChI=1S/C12H14N2O/c1-2-12(15)14-13-11-8-7-9-5-3-4-6-10(9)11/h3-6H,2,7-8H2,1H3,(H,14,15). The lowest BCUT2D eigenvalue weighted by atomic mass is 10.1. The molecule has 0 aromatic heterocycles. The zero-order chi connectivity index (χ0) is 10.7. The third-order valence-electron chi connectivity index (χ3n) is 2.60. The molecule has 1 amide bonds. The monoisotopic (exact) mass is 202 g/mol. The highest BCUT2D eigenvalue weighted by molar-refractivity contribution is 6.04. The second-order valence-electron chi connectivity index (χ2n) is 3.60. The van der Waals surface area contributed by atoms with E-state index in [-0.39, 0.29) is 5.91 Å². The van der Waals surface area contributed by atoms with E-state index in [1.165, 1.54) is 11.1 Å². The molecule has 3 nitrogen and oxygen atoms in total. The van der Waals surface area contributed by atoms with Crippen molar-refractivity contribution >= 4 is 11.6 Å². The molecule has 1 aliphatic carbocycles. The highest BCUT2D eigenvalue weighted by Gasteiger charge is 2.16. The van der Waals surface area contributed by atoms with Crippen molar-refractivity contribution in [2.75, 3.05) is 0 Å². The number of nitrogens with zero attached hydrogens (tertiary/aromatic N) is 1. The molecule has 1 aromatic rings. The Balaban J connectivity index is 2.17. The average molecular weight is 202 g/mol. The Bertz CT molecular complexity index is 410. The van der Waals surface area contributed by atoms with Crippen LogP contribution in [0.1, 0.15) is 30.9 Å². The molecule has 15 heavy (non-hydrogen) atoms. The van der Waals surface area contributed by atoms with Gasteiger partial charge >= 0.3 is 0 Å². The van der Waals surface area contributed by atoms with E-state index >= 15 is 0 Å². The largest absolute Gasteiger partial charge is 0.273 e.